The highest BCUT2D eigenvalue weighted by atomic mass is 16.2. The monoisotopic (exact) mass is 219 g/mol. The van der Waals surface area contributed by atoms with Crippen LogP contribution in [-0.4, -0.2) is 23.2 Å². The number of hydrogen-bond acceptors (Lipinski definition) is 4. The Morgan fingerprint density at radius 3 is 3.00 bits per heavy atom. The van der Waals surface area contributed by atoms with Crippen molar-refractivity contribution in [1.82, 2.24) is 10.3 Å². The molecule has 0 amide bonds. The number of rotatable bonds is 7. The van der Waals surface area contributed by atoms with E-state index in [-0.39, 0.29) is 6.61 Å². The molecule has 1 heterocycles. The van der Waals surface area contributed by atoms with Crippen LogP contribution in [0.3, 0.4) is 0 Å². The van der Waals surface area contributed by atoms with Gasteiger partial charge in [0.1, 0.15) is 11.8 Å². The van der Waals surface area contributed by atoms with Crippen molar-refractivity contribution in [2.24, 2.45) is 0 Å². The molecule has 0 spiro atoms. The van der Waals surface area contributed by atoms with E-state index < -0.39 is 0 Å². The smallest absolute Gasteiger partial charge is 0.140 e. The molecule has 0 aromatic carbocycles. The minimum Gasteiger partial charge on any atom is -0.396 e. The highest BCUT2D eigenvalue weighted by Gasteiger charge is 1.95. The molecule has 0 aliphatic rings. The maximum absolute atomic E-state index is 8.67. The average Bonchev–Trinajstić information content (AvgIpc) is 2.34. The predicted molar refractivity (Wildman–Crippen MR) is 61.6 cm³/mol. The van der Waals surface area contributed by atoms with Gasteiger partial charge in [0.2, 0.25) is 0 Å². The fourth-order valence-electron chi connectivity index (χ4n) is 1.42. The van der Waals surface area contributed by atoms with Crippen molar-refractivity contribution in [1.29, 1.82) is 5.26 Å². The van der Waals surface area contributed by atoms with Crippen LogP contribution < -0.4 is 5.32 Å². The molecule has 0 radical (unpaired) electrons. The van der Waals surface area contributed by atoms with Crippen LogP contribution in [0.15, 0.2) is 18.3 Å². The van der Waals surface area contributed by atoms with Gasteiger partial charge in [-0.3, -0.25) is 0 Å². The number of nitrogens with one attached hydrogen (secondary N) is 1. The minimum absolute atomic E-state index is 0.274. The molecule has 0 saturated heterocycles. The Labute approximate surface area is 95.9 Å². The van der Waals surface area contributed by atoms with Gasteiger partial charge >= 0.3 is 0 Å². The fraction of sp³-hybridized carbons (Fsp3) is 0.500. The zero-order chi connectivity index (χ0) is 11.6. The summed E-state index contributed by atoms with van der Waals surface area (Å²) in [6.45, 7) is 1.97. The minimum atomic E-state index is 0.274. The van der Waals surface area contributed by atoms with E-state index in [2.05, 4.69) is 10.3 Å². The molecule has 0 fully saturated rings. The molecule has 0 unspecified atom stereocenters. The quantitative estimate of drug-likeness (QED) is 0.676. The first-order valence-electron chi connectivity index (χ1n) is 5.53. The van der Waals surface area contributed by atoms with Crippen LogP contribution >= 0.6 is 0 Å². The molecule has 86 valence electrons. The molecule has 0 bridgehead atoms. The molecular formula is C12H17N3O. The van der Waals surface area contributed by atoms with Gasteiger partial charge < -0.3 is 10.4 Å². The summed E-state index contributed by atoms with van der Waals surface area (Å²) in [7, 11) is 0. The molecular weight excluding hydrogens is 202 g/mol. The lowest BCUT2D eigenvalue weighted by molar-refractivity contribution is 0.283. The summed E-state index contributed by atoms with van der Waals surface area (Å²) in [6.07, 6.45) is 4.64. The van der Waals surface area contributed by atoms with E-state index in [1.54, 1.807) is 12.3 Å². The van der Waals surface area contributed by atoms with Crippen molar-refractivity contribution in [3.05, 3.63) is 29.6 Å². The highest BCUT2D eigenvalue weighted by molar-refractivity contribution is 5.25. The van der Waals surface area contributed by atoms with Crippen LogP contribution in [-0.2, 0) is 6.54 Å². The number of hydrogen-bond donors (Lipinski definition) is 2. The van der Waals surface area contributed by atoms with Crippen LogP contribution in [0, 0.1) is 11.3 Å². The maximum atomic E-state index is 8.67. The van der Waals surface area contributed by atoms with E-state index in [1.165, 1.54) is 0 Å². The number of nitriles is 1. The Bertz CT molecular complexity index is 346. The summed E-state index contributed by atoms with van der Waals surface area (Å²) in [5.74, 6) is 0. The summed E-state index contributed by atoms with van der Waals surface area (Å²) >= 11 is 0. The van der Waals surface area contributed by atoms with Gasteiger partial charge in [0.15, 0.2) is 0 Å². The van der Waals surface area contributed by atoms with Crippen molar-refractivity contribution in [2.45, 2.75) is 25.8 Å². The van der Waals surface area contributed by atoms with E-state index in [9.17, 15) is 0 Å². The Balaban J connectivity index is 2.19. The molecule has 16 heavy (non-hydrogen) atoms. The second-order valence-electron chi connectivity index (χ2n) is 3.62. The van der Waals surface area contributed by atoms with Crippen molar-refractivity contribution < 1.29 is 5.11 Å². The molecule has 4 heteroatoms. The van der Waals surface area contributed by atoms with Gasteiger partial charge in [-0.15, -0.1) is 0 Å². The largest absolute Gasteiger partial charge is 0.396 e. The van der Waals surface area contributed by atoms with E-state index >= 15 is 0 Å². The Morgan fingerprint density at radius 1 is 1.38 bits per heavy atom. The molecule has 2 N–H and O–H groups in total. The summed E-state index contributed by atoms with van der Waals surface area (Å²) < 4.78 is 0. The van der Waals surface area contributed by atoms with E-state index in [0.29, 0.717) is 5.69 Å². The fourth-order valence-corrected chi connectivity index (χ4v) is 1.42. The summed E-state index contributed by atoms with van der Waals surface area (Å²) in [5, 5.41) is 20.6. The number of unbranched alkanes of at least 4 members (excludes halogenated alkanes) is 2. The van der Waals surface area contributed by atoms with Gasteiger partial charge in [-0.25, -0.2) is 4.98 Å². The second-order valence-corrected chi connectivity index (χ2v) is 3.62. The lowest BCUT2D eigenvalue weighted by Gasteiger charge is -2.04. The third kappa shape index (κ3) is 4.87. The lowest BCUT2D eigenvalue weighted by Crippen LogP contribution is -2.14. The number of aliphatic hydroxyl groups is 1. The number of aliphatic hydroxyl groups excluding tert-OH is 1. The molecule has 1 aromatic rings. The van der Waals surface area contributed by atoms with E-state index in [4.69, 9.17) is 10.4 Å². The van der Waals surface area contributed by atoms with Crippen LogP contribution in [0.2, 0.25) is 0 Å². The number of pyridine rings is 1. The zero-order valence-corrected chi connectivity index (χ0v) is 9.32. The van der Waals surface area contributed by atoms with Crippen LogP contribution in [0.1, 0.15) is 30.5 Å². The first-order valence-corrected chi connectivity index (χ1v) is 5.53. The third-order valence-corrected chi connectivity index (χ3v) is 2.28. The van der Waals surface area contributed by atoms with Gasteiger partial charge in [0, 0.05) is 19.3 Å². The van der Waals surface area contributed by atoms with E-state index in [1.807, 2.05) is 12.1 Å². The Hall–Kier alpha value is -1.44. The number of aromatic nitrogens is 1. The lowest BCUT2D eigenvalue weighted by atomic mass is 10.2. The molecule has 0 aliphatic carbocycles. The van der Waals surface area contributed by atoms with Crippen molar-refractivity contribution in [2.75, 3.05) is 13.2 Å². The van der Waals surface area contributed by atoms with Gasteiger partial charge in [-0.2, -0.15) is 5.26 Å². The molecule has 1 rings (SSSR count). The molecule has 0 saturated carbocycles. The normalized spacial score (nSPS) is 10.0. The Kier molecular flexibility index (Phi) is 6.16. The van der Waals surface area contributed by atoms with Crippen LogP contribution in [0.4, 0.5) is 0 Å². The summed E-state index contributed by atoms with van der Waals surface area (Å²) in [5.41, 5.74) is 1.54. The zero-order valence-electron chi connectivity index (χ0n) is 9.32. The second kappa shape index (κ2) is 7.80. The average molecular weight is 219 g/mol. The Morgan fingerprint density at radius 2 is 2.25 bits per heavy atom. The van der Waals surface area contributed by atoms with Gasteiger partial charge in [-0.1, -0.05) is 0 Å². The molecule has 0 aliphatic heterocycles. The predicted octanol–water partition coefficient (Wildman–Crippen LogP) is 1.21. The SMILES string of the molecule is N#Cc1cc(CNCCCCCO)ccn1. The first-order chi connectivity index (χ1) is 7.86. The van der Waals surface area contributed by atoms with Crippen molar-refractivity contribution >= 4 is 0 Å². The van der Waals surface area contributed by atoms with Crippen LogP contribution in [0.5, 0.6) is 0 Å². The van der Waals surface area contributed by atoms with Crippen LogP contribution in [0.25, 0.3) is 0 Å². The molecule has 1 aromatic heterocycles. The standard InChI is InChI=1S/C12H17N3O/c13-9-12-8-11(4-6-15-12)10-14-5-2-1-3-7-16/h4,6,8,14,16H,1-3,5,7,10H2. The molecule has 4 nitrogen and oxygen atoms in total. The first kappa shape index (κ1) is 12.6. The highest BCUT2D eigenvalue weighted by Crippen LogP contribution is 2.00. The summed E-state index contributed by atoms with van der Waals surface area (Å²) in [4.78, 5) is 3.91. The number of nitrogens with zero attached hydrogens (tertiary/aromatic N) is 2. The maximum Gasteiger partial charge on any atom is 0.140 e. The van der Waals surface area contributed by atoms with Gasteiger partial charge in [0.25, 0.3) is 0 Å². The summed E-state index contributed by atoms with van der Waals surface area (Å²) in [6, 6.07) is 5.72. The van der Waals surface area contributed by atoms with E-state index in [0.717, 1.165) is 37.9 Å². The third-order valence-electron chi connectivity index (χ3n) is 2.28. The molecule has 0 atom stereocenters. The topological polar surface area (TPSA) is 68.9 Å². The van der Waals surface area contributed by atoms with Crippen molar-refractivity contribution in [3.8, 4) is 6.07 Å². The van der Waals surface area contributed by atoms with Gasteiger partial charge in [-0.05, 0) is 43.5 Å². The van der Waals surface area contributed by atoms with Gasteiger partial charge in [0.05, 0.1) is 0 Å². The van der Waals surface area contributed by atoms with Crippen molar-refractivity contribution in [3.63, 3.8) is 0 Å².